The van der Waals surface area contributed by atoms with Crippen LogP contribution in [-0.2, 0) is 11.8 Å². The van der Waals surface area contributed by atoms with Crippen LogP contribution in [0.5, 0.6) is 0 Å². The largest absolute Gasteiger partial charge is 0.323 e. The molecule has 0 unspecified atom stereocenters. The van der Waals surface area contributed by atoms with Gasteiger partial charge in [0.2, 0.25) is 5.91 Å². The van der Waals surface area contributed by atoms with E-state index in [0.717, 1.165) is 0 Å². The third-order valence-corrected chi connectivity index (χ3v) is 2.04. The van der Waals surface area contributed by atoms with Crippen LogP contribution in [0.15, 0.2) is 17.1 Å². The average Bonchev–Trinajstić information content (AvgIpc) is 2.13. The number of hydrogen-bond acceptors (Lipinski definition) is 3. The normalized spacial score (nSPS) is 11.5. The Morgan fingerprint density at radius 2 is 2.12 bits per heavy atom. The van der Waals surface area contributed by atoms with Crippen molar-refractivity contribution in [1.29, 1.82) is 0 Å². The highest BCUT2D eigenvalue weighted by Crippen LogP contribution is 2.05. The molecule has 1 aromatic heterocycles. The molecule has 0 aliphatic carbocycles. The zero-order valence-electron chi connectivity index (χ0n) is 9.48. The topological polar surface area (TPSA) is 77.1 Å². The van der Waals surface area contributed by atoms with Gasteiger partial charge in [-0.3, -0.25) is 9.59 Å². The summed E-state index contributed by atoms with van der Waals surface area (Å²) in [6.45, 7) is 3.30. The number of anilines is 1. The van der Waals surface area contributed by atoms with E-state index in [2.05, 4.69) is 5.32 Å². The van der Waals surface area contributed by atoms with Gasteiger partial charge in [-0.1, -0.05) is 0 Å². The highest BCUT2D eigenvalue weighted by molar-refractivity contribution is 5.94. The van der Waals surface area contributed by atoms with Crippen LogP contribution in [0, 0.1) is 6.92 Å². The van der Waals surface area contributed by atoms with Gasteiger partial charge in [0.1, 0.15) is 0 Å². The number of carbonyl (C=O) groups excluding carboxylic acids is 1. The molecule has 0 fully saturated rings. The molecule has 0 saturated carbocycles. The van der Waals surface area contributed by atoms with Gasteiger partial charge in [-0.25, -0.2) is 0 Å². The molecule has 1 heterocycles. The molecule has 0 saturated heterocycles. The number of hydrogen-bond donors (Lipinski definition) is 2. The van der Waals surface area contributed by atoms with Crippen LogP contribution in [0.25, 0.3) is 0 Å². The first-order valence-corrected chi connectivity index (χ1v) is 4.65. The van der Waals surface area contributed by atoms with E-state index in [-0.39, 0.29) is 23.9 Å². The number of nitrogens with zero attached hydrogens (tertiary/aromatic N) is 1. The van der Waals surface area contributed by atoms with Crippen molar-refractivity contribution in [3.63, 3.8) is 0 Å². The number of nitrogens with two attached hydrogens (primary N) is 1. The monoisotopic (exact) mass is 245 g/mol. The first-order chi connectivity index (χ1) is 6.91. The summed E-state index contributed by atoms with van der Waals surface area (Å²) in [7, 11) is 1.64. The van der Waals surface area contributed by atoms with E-state index in [9.17, 15) is 9.59 Å². The lowest BCUT2D eigenvalue weighted by Crippen LogP contribution is -2.33. The van der Waals surface area contributed by atoms with E-state index in [1.807, 2.05) is 0 Å². The maximum Gasteiger partial charge on any atom is 0.253 e. The summed E-state index contributed by atoms with van der Waals surface area (Å²) in [6.07, 6.45) is 1.57. The van der Waals surface area contributed by atoms with Crippen molar-refractivity contribution >= 4 is 24.0 Å². The Kier molecular flexibility index (Phi) is 5.20. The van der Waals surface area contributed by atoms with Crippen molar-refractivity contribution in [3.8, 4) is 0 Å². The Balaban J connectivity index is 0.00000225. The van der Waals surface area contributed by atoms with E-state index in [4.69, 9.17) is 5.73 Å². The van der Waals surface area contributed by atoms with Crippen LogP contribution in [0.3, 0.4) is 0 Å². The van der Waals surface area contributed by atoms with Gasteiger partial charge < -0.3 is 15.6 Å². The van der Waals surface area contributed by atoms with Crippen molar-refractivity contribution < 1.29 is 4.79 Å². The summed E-state index contributed by atoms with van der Waals surface area (Å²) in [6, 6.07) is 1.06. The molecule has 1 aromatic rings. The number of amides is 1. The molecule has 0 aliphatic rings. The molecule has 0 radical (unpaired) electrons. The molecular weight excluding hydrogens is 230 g/mol. The third-order valence-electron chi connectivity index (χ3n) is 2.04. The second-order valence-electron chi connectivity index (χ2n) is 3.61. The molecule has 0 spiro atoms. The average molecular weight is 246 g/mol. The van der Waals surface area contributed by atoms with Gasteiger partial charge in [-0.2, -0.15) is 0 Å². The van der Waals surface area contributed by atoms with Crippen molar-refractivity contribution in [2.24, 2.45) is 12.8 Å². The molecule has 90 valence electrons. The Morgan fingerprint density at radius 3 is 2.56 bits per heavy atom. The van der Waals surface area contributed by atoms with Crippen molar-refractivity contribution in [1.82, 2.24) is 4.57 Å². The minimum absolute atomic E-state index is 0. The Labute approximate surface area is 100 Å². The Morgan fingerprint density at radius 1 is 1.56 bits per heavy atom. The van der Waals surface area contributed by atoms with Gasteiger partial charge in [0.05, 0.1) is 11.7 Å². The summed E-state index contributed by atoms with van der Waals surface area (Å²) in [5, 5.41) is 2.63. The second kappa shape index (κ2) is 5.67. The number of pyridine rings is 1. The number of carbonyl (C=O) groups is 1. The van der Waals surface area contributed by atoms with E-state index < -0.39 is 6.04 Å². The van der Waals surface area contributed by atoms with E-state index in [0.29, 0.717) is 11.3 Å². The lowest BCUT2D eigenvalue weighted by molar-refractivity contribution is -0.117. The molecule has 0 aliphatic heterocycles. The third kappa shape index (κ3) is 3.36. The van der Waals surface area contributed by atoms with Crippen LogP contribution in [0.1, 0.15) is 12.5 Å². The molecule has 5 nitrogen and oxygen atoms in total. The van der Waals surface area contributed by atoms with Crippen LogP contribution in [0.4, 0.5) is 5.69 Å². The number of nitrogens with one attached hydrogen (secondary N) is 1. The van der Waals surface area contributed by atoms with Gasteiger partial charge in [-0.15, -0.1) is 12.4 Å². The summed E-state index contributed by atoms with van der Waals surface area (Å²) < 4.78 is 1.42. The minimum atomic E-state index is -0.567. The fourth-order valence-electron chi connectivity index (χ4n) is 1.20. The molecule has 1 rings (SSSR count). The van der Waals surface area contributed by atoms with Gasteiger partial charge in [-0.05, 0) is 19.9 Å². The van der Waals surface area contributed by atoms with Crippen LogP contribution >= 0.6 is 12.4 Å². The smallest absolute Gasteiger partial charge is 0.253 e. The minimum Gasteiger partial charge on any atom is -0.323 e. The molecule has 6 heteroatoms. The zero-order chi connectivity index (χ0) is 11.6. The summed E-state index contributed by atoms with van der Waals surface area (Å²) >= 11 is 0. The molecule has 1 amide bonds. The molecule has 0 aromatic carbocycles. The highest BCUT2D eigenvalue weighted by atomic mass is 35.5. The number of rotatable bonds is 2. The summed E-state index contributed by atoms with van der Waals surface area (Å²) in [5.41, 5.74) is 6.50. The van der Waals surface area contributed by atoms with Crippen LogP contribution in [-0.4, -0.2) is 16.5 Å². The molecule has 3 N–H and O–H groups in total. The quantitative estimate of drug-likeness (QED) is 0.792. The van der Waals surface area contributed by atoms with E-state index >= 15 is 0 Å². The Bertz CT molecular complexity index is 414. The van der Waals surface area contributed by atoms with E-state index in [1.54, 1.807) is 33.2 Å². The van der Waals surface area contributed by atoms with Gasteiger partial charge >= 0.3 is 0 Å². The van der Waals surface area contributed by atoms with Crippen LogP contribution in [0.2, 0.25) is 0 Å². The lowest BCUT2D eigenvalue weighted by atomic mass is 10.2. The van der Waals surface area contributed by atoms with Crippen molar-refractivity contribution in [2.75, 3.05) is 5.32 Å². The van der Waals surface area contributed by atoms with Crippen molar-refractivity contribution in [2.45, 2.75) is 19.9 Å². The lowest BCUT2D eigenvalue weighted by Gasteiger charge is -2.09. The Hall–Kier alpha value is -1.33. The maximum absolute atomic E-state index is 11.4. The summed E-state index contributed by atoms with van der Waals surface area (Å²) in [4.78, 5) is 22.7. The number of aryl methyl sites for hydroxylation is 2. The first-order valence-electron chi connectivity index (χ1n) is 4.65. The van der Waals surface area contributed by atoms with Gasteiger partial charge in [0.25, 0.3) is 5.56 Å². The maximum atomic E-state index is 11.4. The van der Waals surface area contributed by atoms with Crippen molar-refractivity contribution in [3.05, 3.63) is 28.2 Å². The van der Waals surface area contributed by atoms with E-state index in [1.165, 1.54) is 4.57 Å². The molecule has 1 atom stereocenters. The molecule has 16 heavy (non-hydrogen) atoms. The fourth-order valence-corrected chi connectivity index (χ4v) is 1.20. The SMILES string of the molecule is Cc1cc(NC(=O)[C@@H](C)N)cn(C)c1=O.Cl. The fraction of sp³-hybridized carbons (Fsp3) is 0.400. The van der Waals surface area contributed by atoms with Crippen LogP contribution < -0.4 is 16.6 Å². The first kappa shape index (κ1) is 14.7. The van der Waals surface area contributed by atoms with Gasteiger partial charge in [0, 0.05) is 18.8 Å². The molecular formula is C10H16ClN3O2. The highest BCUT2D eigenvalue weighted by Gasteiger charge is 2.08. The predicted molar refractivity (Wildman–Crippen MR) is 65.9 cm³/mol. The molecule has 0 bridgehead atoms. The standard InChI is InChI=1S/C10H15N3O2.ClH/c1-6-4-8(5-13(3)10(6)15)12-9(14)7(2)11;/h4-5,7H,11H2,1-3H3,(H,12,14);1H/t7-;/m1./s1. The number of aromatic nitrogens is 1. The number of halogens is 1. The summed E-state index contributed by atoms with van der Waals surface area (Å²) in [5.74, 6) is -0.270. The van der Waals surface area contributed by atoms with Gasteiger partial charge in [0.15, 0.2) is 0 Å². The zero-order valence-corrected chi connectivity index (χ0v) is 10.3. The predicted octanol–water partition coefficient (Wildman–Crippen LogP) is 0.401. The second-order valence-corrected chi connectivity index (χ2v) is 3.61.